The van der Waals surface area contributed by atoms with Crippen LogP contribution in [0.1, 0.15) is 61.6 Å². The van der Waals surface area contributed by atoms with Gasteiger partial charge < -0.3 is 20.2 Å². The van der Waals surface area contributed by atoms with Gasteiger partial charge in [-0.3, -0.25) is 9.69 Å². The lowest BCUT2D eigenvalue weighted by Crippen LogP contribution is -2.64. The number of carbonyl (C=O) groups is 1. The van der Waals surface area contributed by atoms with Crippen molar-refractivity contribution < 1.29 is 33.3 Å². The smallest absolute Gasteiger partial charge is 0.416 e. The Bertz CT molecular complexity index is 1280. The molecule has 3 unspecified atom stereocenters. The van der Waals surface area contributed by atoms with E-state index in [-0.39, 0.29) is 35.4 Å². The van der Waals surface area contributed by atoms with Crippen LogP contribution in [-0.2, 0) is 17.4 Å². The van der Waals surface area contributed by atoms with E-state index in [0.717, 1.165) is 43.6 Å². The lowest BCUT2D eigenvalue weighted by Gasteiger charge is -2.56. The van der Waals surface area contributed by atoms with Crippen molar-refractivity contribution in [3.8, 4) is 11.5 Å². The Morgan fingerprint density at radius 2 is 1.88 bits per heavy atom. The quantitative estimate of drug-likeness (QED) is 0.283. The van der Waals surface area contributed by atoms with Crippen LogP contribution in [0, 0.1) is 11.8 Å². The number of likely N-dealkylation sites (N-methyl/N-ethyl adjacent to an activating group) is 1. The molecule has 1 aliphatic heterocycles. The zero-order valence-electron chi connectivity index (χ0n) is 23.4. The average Bonchev–Trinajstić information content (AvgIpc) is 3.76. The SMILES string of the molecule is CN(C(=O)/C=C/c1cccc(C(F)(F)F)c1)C1CCC2(O)C(CCN(CC3CC3)[C@@H]2CCc2ccc(O)c(O)c2)C1. The Hall–Kier alpha value is -3.04. The van der Waals surface area contributed by atoms with Crippen molar-refractivity contribution in [3.63, 3.8) is 0 Å². The molecule has 3 fully saturated rings. The largest absolute Gasteiger partial charge is 0.504 e. The Balaban J connectivity index is 1.25. The van der Waals surface area contributed by atoms with Crippen LogP contribution in [0.2, 0.25) is 0 Å². The number of carbonyl (C=O) groups excluding carboxylic acids is 1. The molecule has 9 heteroatoms. The van der Waals surface area contributed by atoms with E-state index in [1.807, 2.05) is 0 Å². The molecule has 0 radical (unpaired) electrons. The molecular weight excluding hydrogens is 533 g/mol. The minimum Gasteiger partial charge on any atom is -0.504 e. The molecule has 2 aliphatic carbocycles. The molecule has 6 nitrogen and oxygen atoms in total. The van der Waals surface area contributed by atoms with Crippen LogP contribution in [0.5, 0.6) is 11.5 Å². The van der Waals surface area contributed by atoms with Crippen molar-refractivity contribution in [2.24, 2.45) is 11.8 Å². The summed E-state index contributed by atoms with van der Waals surface area (Å²) in [6.45, 7) is 1.86. The number of aliphatic hydroxyl groups is 1. The van der Waals surface area contributed by atoms with Crippen molar-refractivity contribution in [2.45, 2.75) is 75.2 Å². The standard InChI is InChI=1S/C32H39F3N2O4/c1-36(30(40)12-9-21-3-2-4-25(17-21)32(33,34)35)26-13-15-31(41)24(19-26)14-16-37(20-23-5-6-23)29(31)11-8-22-7-10-27(38)28(39)18-22/h2-4,7,9-10,12,17-18,23-24,26,29,38-39,41H,5-6,8,11,13-16,19-20H2,1H3/b12-9+/t24?,26?,29-,31?/m1/s1. The molecule has 4 atom stereocenters. The van der Waals surface area contributed by atoms with E-state index in [1.165, 1.54) is 43.2 Å². The first-order chi connectivity index (χ1) is 19.4. The minimum absolute atomic E-state index is 0.0256. The maximum absolute atomic E-state index is 13.0. The Morgan fingerprint density at radius 1 is 1.10 bits per heavy atom. The lowest BCUT2D eigenvalue weighted by atomic mass is 9.64. The summed E-state index contributed by atoms with van der Waals surface area (Å²) in [5, 5.41) is 31.8. The zero-order chi connectivity index (χ0) is 29.4. The Morgan fingerprint density at radius 3 is 2.59 bits per heavy atom. The summed E-state index contributed by atoms with van der Waals surface area (Å²) in [4.78, 5) is 17.1. The summed E-state index contributed by atoms with van der Waals surface area (Å²) in [6, 6.07) is 9.66. The van der Waals surface area contributed by atoms with E-state index in [0.29, 0.717) is 37.2 Å². The second-order valence-electron chi connectivity index (χ2n) is 12.1. The number of phenolic OH excluding ortho intramolecular Hbond substituents is 2. The van der Waals surface area contributed by atoms with Gasteiger partial charge in [0, 0.05) is 31.8 Å². The Labute approximate surface area is 239 Å². The summed E-state index contributed by atoms with van der Waals surface area (Å²) >= 11 is 0. The number of nitrogens with zero attached hydrogens (tertiary/aromatic N) is 2. The monoisotopic (exact) mass is 572 g/mol. The average molecular weight is 573 g/mol. The van der Waals surface area contributed by atoms with Crippen molar-refractivity contribution >= 4 is 12.0 Å². The highest BCUT2D eigenvalue weighted by molar-refractivity contribution is 5.91. The normalized spacial score (nSPS) is 27.1. The first-order valence-electron chi connectivity index (χ1n) is 14.5. The Kier molecular flexibility index (Phi) is 8.39. The van der Waals surface area contributed by atoms with Crippen molar-refractivity contribution in [3.05, 3.63) is 65.2 Å². The highest BCUT2D eigenvalue weighted by Gasteiger charge is 2.53. The number of alkyl halides is 3. The van der Waals surface area contributed by atoms with Gasteiger partial charge in [0.2, 0.25) is 5.91 Å². The number of phenols is 2. The van der Waals surface area contributed by atoms with Crippen molar-refractivity contribution in [2.75, 3.05) is 20.1 Å². The number of hydrogen-bond donors (Lipinski definition) is 3. The number of aromatic hydroxyl groups is 2. The van der Waals surface area contributed by atoms with Crippen LogP contribution < -0.4 is 0 Å². The summed E-state index contributed by atoms with van der Waals surface area (Å²) in [5.41, 5.74) is -0.423. The van der Waals surface area contributed by atoms with Gasteiger partial charge in [0.05, 0.1) is 11.2 Å². The number of hydrogen-bond acceptors (Lipinski definition) is 5. The number of fused-ring (bicyclic) bond motifs is 1. The van der Waals surface area contributed by atoms with Crippen LogP contribution >= 0.6 is 0 Å². The fraction of sp³-hybridized carbons (Fsp3) is 0.531. The molecule has 2 aromatic rings. The fourth-order valence-electron chi connectivity index (χ4n) is 6.80. The van der Waals surface area contributed by atoms with Crippen LogP contribution in [0.15, 0.2) is 48.5 Å². The molecule has 0 aromatic heterocycles. The first-order valence-corrected chi connectivity index (χ1v) is 14.5. The number of aryl methyl sites for hydroxylation is 1. The molecule has 1 heterocycles. The van der Waals surface area contributed by atoms with Crippen LogP contribution in [-0.4, -0.2) is 68.8 Å². The third-order valence-electron chi connectivity index (χ3n) is 9.39. The molecule has 1 amide bonds. The maximum atomic E-state index is 13.0. The third-order valence-corrected chi connectivity index (χ3v) is 9.39. The molecule has 41 heavy (non-hydrogen) atoms. The van der Waals surface area contributed by atoms with Gasteiger partial charge in [-0.05, 0) is 111 Å². The van der Waals surface area contributed by atoms with Gasteiger partial charge in [-0.15, -0.1) is 0 Å². The molecule has 222 valence electrons. The predicted octanol–water partition coefficient (Wildman–Crippen LogP) is 5.61. The summed E-state index contributed by atoms with van der Waals surface area (Å²) in [7, 11) is 1.73. The number of rotatable bonds is 8. The number of likely N-dealkylation sites (tertiary alicyclic amines) is 1. The van der Waals surface area contributed by atoms with Crippen LogP contribution in [0.3, 0.4) is 0 Å². The zero-order valence-corrected chi connectivity index (χ0v) is 23.4. The van der Waals surface area contributed by atoms with Gasteiger partial charge >= 0.3 is 6.18 Å². The highest BCUT2D eigenvalue weighted by atomic mass is 19.4. The number of benzene rings is 2. The summed E-state index contributed by atoms with van der Waals surface area (Å²) < 4.78 is 39.1. The van der Waals surface area contributed by atoms with Crippen LogP contribution in [0.25, 0.3) is 6.08 Å². The summed E-state index contributed by atoms with van der Waals surface area (Å²) in [5.74, 6) is 0.138. The van der Waals surface area contributed by atoms with Crippen molar-refractivity contribution in [1.82, 2.24) is 9.80 Å². The topological polar surface area (TPSA) is 84.2 Å². The number of amides is 1. The molecule has 2 aromatic carbocycles. The molecule has 5 rings (SSSR count). The van der Waals surface area contributed by atoms with Gasteiger partial charge in [0.25, 0.3) is 0 Å². The fourth-order valence-corrected chi connectivity index (χ4v) is 6.80. The molecular formula is C32H39F3N2O4. The van der Waals surface area contributed by atoms with Gasteiger partial charge in [0.15, 0.2) is 11.5 Å². The molecule has 0 bridgehead atoms. The molecule has 2 saturated carbocycles. The van der Waals surface area contributed by atoms with Crippen molar-refractivity contribution in [1.29, 1.82) is 0 Å². The van der Waals surface area contributed by atoms with E-state index in [1.54, 1.807) is 24.1 Å². The maximum Gasteiger partial charge on any atom is 0.416 e. The number of piperidine rings is 1. The molecule has 3 N–H and O–H groups in total. The van der Waals surface area contributed by atoms with E-state index in [2.05, 4.69) is 4.90 Å². The first kappa shape index (κ1) is 29.5. The number of halogens is 3. The van der Waals surface area contributed by atoms with E-state index >= 15 is 0 Å². The second-order valence-corrected chi connectivity index (χ2v) is 12.1. The lowest BCUT2D eigenvalue weighted by molar-refractivity contribution is -0.157. The molecule has 1 saturated heterocycles. The predicted molar refractivity (Wildman–Crippen MR) is 150 cm³/mol. The second kappa shape index (κ2) is 11.7. The summed E-state index contributed by atoms with van der Waals surface area (Å²) in [6.07, 6.45) is 4.85. The molecule has 3 aliphatic rings. The van der Waals surface area contributed by atoms with E-state index in [9.17, 15) is 33.3 Å². The van der Waals surface area contributed by atoms with Crippen LogP contribution in [0.4, 0.5) is 13.2 Å². The van der Waals surface area contributed by atoms with E-state index < -0.39 is 17.3 Å². The van der Waals surface area contributed by atoms with Gasteiger partial charge in [0.1, 0.15) is 0 Å². The third kappa shape index (κ3) is 6.72. The van der Waals surface area contributed by atoms with Gasteiger partial charge in [-0.1, -0.05) is 18.2 Å². The minimum atomic E-state index is -4.44. The van der Waals surface area contributed by atoms with Gasteiger partial charge in [-0.2, -0.15) is 13.2 Å². The van der Waals surface area contributed by atoms with Gasteiger partial charge in [-0.25, -0.2) is 0 Å². The highest BCUT2D eigenvalue weighted by Crippen LogP contribution is 2.47. The molecule has 0 spiro atoms. The van der Waals surface area contributed by atoms with E-state index in [4.69, 9.17) is 0 Å².